The van der Waals surface area contributed by atoms with Crippen molar-refractivity contribution in [1.82, 2.24) is 0 Å². The highest BCUT2D eigenvalue weighted by Gasteiger charge is 2.21. The van der Waals surface area contributed by atoms with Gasteiger partial charge in [-0.05, 0) is 37.0 Å². The van der Waals surface area contributed by atoms with E-state index in [1.165, 1.54) is 0 Å². The molecule has 0 radical (unpaired) electrons. The van der Waals surface area contributed by atoms with Gasteiger partial charge in [0.15, 0.2) is 0 Å². The lowest BCUT2D eigenvalue weighted by molar-refractivity contribution is -0.138. The molecule has 2 nitrogen and oxygen atoms in total. The van der Waals surface area contributed by atoms with Crippen molar-refractivity contribution < 1.29 is 14.3 Å². The molecule has 15 heavy (non-hydrogen) atoms. The van der Waals surface area contributed by atoms with E-state index < -0.39 is 11.9 Å². The molecule has 1 rings (SSSR count). The molecule has 0 aliphatic heterocycles. The zero-order valence-electron chi connectivity index (χ0n) is 9.17. The molecule has 1 N–H and O–H groups in total. The molecular formula is C12H15FO2. The zero-order chi connectivity index (χ0) is 11.6. The minimum Gasteiger partial charge on any atom is -0.481 e. The highest BCUT2D eigenvalue weighted by Crippen LogP contribution is 2.26. The Labute approximate surface area is 88.7 Å². The van der Waals surface area contributed by atoms with Crippen LogP contribution in [0.1, 0.15) is 36.0 Å². The molecular weight excluding hydrogens is 195 g/mol. The van der Waals surface area contributed by atoms with Gasteiger partial charge in [-0.2, -0.15) is 0 Å². The average molecular weight is 210 g/mol. The molecule has 0 spiro atoms. The molecule has 0 fully saturated rings. The van der Waals surface area contributed by atoms with Crippen LogP contribution in [0.15, 0.2) is 12.1 Å². The van der Waals surface area contributed by atoms with Crippen LogP contribution in [-0.4, -0.2) is 11.1 Å². The van der Waals surface area contributed by atoms with Crippen molar-refractivity contribution >= 4 is 5.97 Å². The molecule has 0 heterocycles. The number of benzene rings is 1. The second kappa shape index (κ2) is 4.43. The van der Waals surface area contributed by atoms with Crippen LogP contribution in [0.5, 0.6) is 0 Å². The molecule has 82 valence electrons. The number of carboxylic acids is 1. The molecule has 0 saturated carbocycles. The zero-order valence-corrected chi connectivity index (χ0v) is 9.17. The Kier molecular flexibility index (Phi) is 3.45. The number of aryl methyl sites for hydroxylation is 1. The predicted octanol–water partition coefficient (Wildman–Crippen LogP) is 3.02. The van der Waals surface area contributed by atoms with Crippen LogP contribution < -0.4 is 0 Å². The second-order valence-corrected chi connectivity index (χ2v) is 3.71. The molecule has 1 aromatic rings. The van der Waals surface area contributed by atoms with E-state index in [0.29, 0.717) is 23.1 Å². The molecule has 0 aliphatic rings. The fraction of sp³-hybridized carbons (Fsp3) is 0.417. The number of hydrogen-bond donors (Lipinski definition) is 1. The minimum atomic E-state index is -0.899. The molecule has 0 amide bonds. The summed E-state index contributed by atoms with van der Waals surface area (Å²) in [6.45, 7) is 5.09. The topological polar surface area (TPSA) is 37.3 Å². The number of carboxylic acid groups (broad SMARTS) is 1. The number of rotatable bonds is 3. The van der Waals surface area contributed by atoms with Crippen molar-refractivity contribution in [2.45, 2.75) is 33.1 Å². The van der Waals surface area contributed by atoms with Gasteiger partial charge in [0, 0.05) is 0 Å². The molecule has 0 aromatic heterocycles. The van der Waals surface area contributed by atoms with E-state index in [1.807, 2.05) is 0 Å². The summed E-state index contributed by atoms with van der Waals surface area (Å²) in [4.78, 5) is 11.0. The van der Waals surface area contributed by atoms with Crippen molar-refractivity contribution in [1.29, 1.82) is 0 Å². The van der Waals surface area contributed by atoms with Gasteiger partial charge in [0.1, 0.15) is 5.82 Å². The van der Waals surface area contributed by atoms with E-state index in [0.717, 1.165) is 0 Å². The molecule has 0 saturated heterocycles. The van der Waals surface area contributed by atoms with Gasteiger partial charge in [-0.15, -0.1) is 0 Å². The van der Waals surface area contributed by atoms with Crippen molar-refractivity contribution in [3.8, 4) is 0 Å². The van der Waals surface area contributed by atoms with E-state index in [9.17, 15) is 9.18 Å². The van der Waals surface area contributed by atoms with E-state index in [-0.39, 0.29) is 5.82 Å². The molecule has 1 unspecified atom stereocenters. The van der Waals surface area contributed by atoms with Gasteiger partial charge >= 0.3 is 5.97 Å². The highest BCUT2D eigenvalue weighted by atomic mass is 19.1. The molecule has 1 aromatic carbocycles. The third-order valence-corrected chi connectivity index (χ3v) is 2.70. The van der Waals surface area contributed by atoms with Gasteiger partial charge in [-0.1, -0.05) is 19.1 Å². The summed E-state index contributed by atoms with van der Waals surface area (Å²) in [5.41, 5.74) is 1.58. The van der Waals surface area contributed by atoms with Gasteiger partial charge in [0.2, 0.25) is 0 Å². The Balaban J connectivity index is 3.25. The Morgan fingerprint density at radius 2 is 2.07 bits per heavy atom. The van der Waals surface area contributed by atoms with Crippen molar-refractivity contribution in [2.75, 3.05) is 0 Å². The van der Waals surface area contributed by atoms with Crippen LogP contribution in [0, 0.1) is 19.7 Å². The first-order valence-corrected chi connectivity index (χ1v) is 4.97. The van der Waals surface area contributed by atoms with Crippen LogP contribution in [-0.2, 0) is 4.79 Å². The lowest BCUT2D eigenvalue weighted by atomic mass is 9.91. The largest absolute Gasteiger partial charge is 0.481 e. The summed E-state index contributed by atoms with van der Waals surface area (Å²) >= 11 is 0. The average Bonchev–Trinajstić information content (AvgIpc) is 2.18. The van der Waals surface area contributed by atoms with Gasteiger partial charge in [0.25, 0.3) is 0 Å². The number of halogens is 1. The summed E-state index contributed by atoms with van der Waals surface area (Å²) < 4.78 is 13.6. The summed E-state index contributed by atoms with van der Waals surface area (Å²) in [6.07, 6.45) is 0.471. The molecule has 3 heteroatoms. The fourth-order valence-corrected chi connectivity index (χ4v) is 1.74. The van der Waals surface area contributed by atoms with Crippen LogP contribution in [0.25, 0.3) is 0 Å². The maximum absolute atomic E-state index is 13.6. The quantitative estimate of drug-likeness (QED) is 0.832. The van der Waals surface area contributed by atoms with Crippen LogP contribution in [0.2, 0.25) is 0 Å². The normalized spacial score (nSPS) is 12.5. The van der Waals surface area contributed by atoms with Gasteiger partial charge in [-0.3, -0.25) is 4.79 Å². The van der Waals surface area contributed by atoms with Crippen LogP contribution in [0.3, 0.4) is 0 Å². The Bertz CT molecular complexity index is 385. The summed E-state index contributed by atoms with van der Waals surface area (Å²) in [6, 6.07) is 3.33. The second-order valence-electron chi connectivity index (χ2n) is 3.71. The van der Waals surface area contributed by atoms with E-state index >= 15 is 0 Å². The first kappa shape index (κ1) is 11.7. The van der Waals surface area contributed by atoms with Gasteiger partial charge in [-0.25, -0.2) is 4.39 Å². The Hall–Kier alpha value is -1.38. The first-order valence-electron chi connectivity index (χ1n) is 4.97. The third-order valence-electron chi connectivity index (χ3n) is 2.70. The van der Waals surface area contributed by atoms with E-state index in [4.69, 9.17) is 5.11 Å². The van der Waals surface area contributed by atoms with Gasteiger partial charge in [0.05, 0.1) is 5.92 Å². The fourth-order valence-electron chi connectivity index (χ4n) is 1.74. The lowest BCUT2D eigenvalue weighted by Gasteiger charge is -2.14. The van der Waals surface area contributed by atoms with E-state index in [1.54, 1.807) is 32.9 Å². The van der Waals surface area contributed by atoms with Crippen LogP contribution in [0.4, 0.5) is 4.39 Å². The summed E-state index contributed by atoms with van der Waals surface area (Å²) in [5.74, 6) is -1.81. The highest BCUT2D eigenvalue weighted by molar-refractivity contribution is 5.76. The standard InChI is InChI=1S/C12H15FO2/c1-4-9(12(14)15)10-6-5-7(2)11(13)8(10)3/h5-6,9H,4H2,1-3H3,(H,14,15). The molecule has 0 aliphatic carbocycles. The minimum absolute atomic E-state index is 0.299. The van der Waals surface area contributed by atoms with Gasteiger partial charge < -0.3 is 5.11 Å². The van der Waals surface area contributed by atoms with E-state index in [2.05, 4.69) is 0 Å². The van der Waals surface area contributed by atoms with Crippen molar-refractivity contribution in [3.63, 3.8) is 0 Å². The van der Waals surface area contributed by atoms with Crippen LogP contribution >= 0.6 is 0 Å². The summed E-state index contributed by atoms with van der Waals surface area (Å²) in [5, 5.41) is 8.99. The lowest BCUT2D eigenvalue weighted by Crippen LogP contribution is -2.12. The molecule has 0 bridgehead atoms. The molecule has 1 atom stereocenters. The smallest absolute Gasteiger partial charge is 0.310 e. The Morgan fingerprint density at radius 3 is 2.53 bits per heavy atom. The third kappa shape index (κ3) is 2.17. The SMILES string of the molecule is CCC(C(=O)O)c1ccc(C)c(F)c1C. The Morgan fingerprint density at radius 1 is 1.47 bits per heavy atom. The monoisotopic (exact) mass is 210 g/mol. The van der Waals surface area contributed by atoms with Crippen molar-refractivity contribution in [3.05, 3.63) is 34.6 Å². The van der Waals surface area contributed by atoms with Crippen molar-refractivity contribution in [2.24, 2.45) is 0 Å². The number of aliphatic carboxylic acids is 1. The maximum Gasteiger partial charge on any atom is 0.310 e. The number of hydrogen-bond acceptors (Lipinski definition) is 1. The summed E-state index contributed by atoms with van der Waals surface area (Å²) in [7, 11) is 0. The number of carbonyl (C=O) groups is 1. The maximum atomic E-state index is 13.6. The predicted molar refractivity (Wildman–Crippen MR) is 56.5 cm³/mol. The first-order chi connectivity index (χ1) is 6.99.